The highest BCUT2D eigenvalue weighted by atomic mass is 16.5. The summed E-state index contributed by atoms with van der Waals surface area (Å²) in [6.07, 6.45) is 3.28. The molecule has 0 saturated carbocycles. The Hall–Kier alpha value is -1.85. The van der Waals surface area contributed by atoms with Crippen LogP contribution in [0, 0.1) is 0 Å². The molecule has 0 bridgehead atoms. The van der Waals surface area contributed by atoms with Crippen LogP contribution < -0.4 is 4.74 Å². The van der Waals surface area contributed by atoms with Crippen LogP contribution >= 0.6 is 0 Å². The van der Waals surface area contributed by atoms with E-state index in [0.717, 1.165) is 11.3 Å². The summed E-state index contributed by atoms with van der Waals surface area (Å²) in [4.78, 5) is 13.8. The van der Waals surface area contributed by atoms with Crippen LogP contribution in [-0.4, -0.2) is 55.4 Å². The molecule has 1 atom stereocenters. The Balaban J connectivity index is 2.00. The van der Waals surface area contributed by atoms with E-state index >= 15 is 0 Å². The summed E-state index contributed by atoms with van der Waals surface area (Å²) in [5, 5.41) is 9.24. The molecule has 0 aliphatic carbocycles. The van der Waals surface area contributed by atoms with E-state index in [1.54, 1.807) is 18.1 Å². The molecule has 1 unspecified atom stereocenters. The van der Waals surface area contributed by atoms with Gasteiger partial charge in [-0.3, -0.25) is 4.79 Å². The minimum Gasteiger partial charge on any atom is -0.497 e. The molecule has 0 radical (unpaired) electrons. The number of aliphatic hydroxyl groups is 1. The second-order valence-electron chi connectivity index (χ2n) is 4.55. The van der Waals surface area contributed by atoms with E-state index in [1.807, 2.05) is 24.3 Å². The smallest absolute Gasteiger partial charge is 0.247 e. The van der Waals surface area contributed by atoms with Crippen molar-refractivity contribution < 1.29 is 19.4 Å². The van der Waals surface area contributed by atoms with Crippen molar-refractivity contribution in [3.8, 4) is 5.75 Å². The first-order chi connectivity index (χ1) is 9.74. The SMILES string of the molecule is COc1ccc(/C=C/C(=O)N2CCOCC2CO)cc1. The number of hydrogen-bond acceptors (Lipinski definition) is 4. The number of aliphatic hydroxyl groups excluding tert-OH is 1. The number of nitrogens with zero attached hydrogens (tertiary/aromatic N) is 1. The van der Waals surface area contributed by atoms with Crippen LogP contribution in [0.3, 0.4) is 0 Å². The number of rotatable bonds is 4. The number of carbonyl (C=O) groups is 1. The van der Waals surface area contributed by atoms with Crippen LogP contribution in [0.15, 0.2) is 30.3 Å². The molecule has 5 heteroatoms. The zero-order valence-corrected chi connectivity index (χ0v) is 11.5. The van der Waals surface area contributed by atoms with Crippen LogP contribution in [0.2, 0.25) is 0 Å². The van der Waals surface area contributed by atoms with Gasteiger partial charge < -0.3 is 19.5 Å². The second-order valence-corrected chi connectivity index (χ2v) is 4.55. The summed E-state index contributed by atoms with van der Waals surface area (Å²) in [5.74, 6) is 0.671. The molecule has 2 rings (SSSR count). The number of morpholine rings is 1. The van der Waals surface area contributed by atoms with Crippen LogP contribution in [0.4, 0.5) is 0 Å². The van der Waals surface area contributed by atoms with Gasteiger partial charge in [-0.1, -0.05) is 12.1 Å². The normalized spacial score (nSPS) is 19.3. The van der Waals surface area contributed by atoms with Crippen molar-refractivity contribution in [3.05, 3.63) is 35.9 Å². The molecular weight excluding hydrogens is 258 g/mol. The molecule has 1 aliphatic heterocycles. The second kappa shape index (κ2) is 7.07. The molecular formula is C15H19NO4. The van der Waals surface area contributed by atoms with Gasteiger partial charge in [0.2, 0.25) is 5.91 Å². The van der Waals surface area contributed by atoms with E-state index in [4.69, 9.17) is 9.47 Å². The van der Waals surface area contributed by atoms with Gasteiger partial charge in [0.05, 0.1) is 33.0 Å². The van der Waals surface area contributed by atoms with E-state index in [2.05, 4.69) is 0 Å². The number of carbonyl (C=O) groups excluding carboxylic acids is 1. The number of hydrogen-bond donors (Lipinski definition) is 1. The predicted molar refractivity (Wildman–Crippen MR) is 75.4 cm³/mol. The summed E-state index contributed by atoms with van der Waals surface area (Å²) in [6, 6.07) is 7.19. The summed E-state index contributed by atoms with van der Waals surface area (Å²) in [5.41, 5.74) is 0.924. The number of amides is 1. The van der Waals surface area contributed by atoms with E-state index in [0.29, 0.717) is 19.8 Å². The molecule has 1 aromatic rings. The Morgan fingerprint density at radius 1 is 1.50 bits per heavy atom. The highest BCUT2D eigenvalue weighted by Crippen LogP contribution is 2.13. The minimum atomic E-state index is -0.253. The Labute approximate surface area is 118 Å². The average molecular weight is 277 g/mol. The van der Waals surface area contributed by atoms with E-state index in [9.17, 15) is 9.90 Å². The van der Waals surface area contributed by atoms with Gasteiger partial charge >= 0.3 is 0 Å². The standard InChI is InChI=1S/C15H19NO4/c1-19-14-5-2-12(3-6-14)4-7-15(18)16-8-9-20-11-13(16)10-17/h2-7,13,17H,8-11H2,1H3/b7-4+. The summed E-state index contributed by atoms with van der Waals surface area (Å²) in [7, 11) is 1.61. The molecule has 5 nitrogen and oxygen atoms in total. The van der Waals surface area contributed by atoms with E-state index in [1.165, 1.54) is 6.08 Å². The first-order valence-corrected chi connectivity index (χ1v) is 6.56. The predicted octanol–water partition coefficient (Wildman–Crippen LogP) is 0.928. The van der Waals surface area contributed by atoms with Crippen LogP contribution in [0.25, 0.3) is 6.08 Å². The van der Waals surface area contributed by atoms with Crippen molar-refractivity contribution >= 4 is 12.0 Å². The summed E-state index contributed by atoms with van der Waals surface area (Å²) < 4.78 is 10.3. The van der Waals surface area contributed by atoms with Gasteiger partial charge in [0.25, 0.3) is 0 Å². The monoisotopic (exact) mass is 277 g/mol. The highest BCUT2D eigenvalue weighted by Gasteiger charge is 2.24. The largest absolute Gasteiger partial charge is 0.497 e. The summed E-state index contributed by atoms with van der Waals surface area (Å²) >= 11 is 0. The Bertz CT molecular complexity index is 469. The molecule has 1 aliphatic rings. The maximum absolute atomic E-state index is 12.1. The van der Waals surface area contributed by atoms with Gasteiger partial charge in [-0.15, -0.1) is 0 Å². The van der Waals surface area contributed by atoms with Crippen molar-refractivity contribution in [3.63, 3.8) is 0 Å². The summed E-state index contributed by atoms with van der Waals surface area (Å²) in [6.45, 7) is 1.33. The third-order valence-corrected chi connectivity index (χ3v) is 3.26. The van der Waals surface area contributed by atoms with Gasteiger partial charge in [-0.05, 0) is 23.8 Å². The third-order valence-electron chi connectivity index (χ3n) is 3.26. The van der Waals surface area contributed by atoms with Crippen molar-refractivity contribution in [1.29, 1.82) is 0 Å². The number of ether oxygens (including phenoxy) is 2. The number of methoxy groups -OCH3 is 1. The van der Waals surface area contributed by atoms with Gasteiger partial charge in [-0.25, -0.2) is 0 Å². The minimum absolute atomic E-state index is 0.0812. The Morgan fingerprint density at radius 3 is 2.90 bits per heavy atom. The van der Waals surface area contributed by atoms with Gasteiger partial charge in [0.1, 0.15) is 5.75 Å². The first kappa shape index (κ1) is 14.6. The van der Waals surface area contributed by atoms with Crippen molar-refractivity contribution in [2.45, 2.75) is 6.04 Å². The number of benzene rings is 1. The topological polar surface area (TPSA) is 59.0 Å². The van der Waals surface area contributed by atoms with Gasteiger partial charge in [-0.2, -0.15) is 0 Å². The average Bonchev–Trinajstić information content (AvgIpc) is 2.53. The highest BCUT2D eigenvalue weighted by molar-refractivity contribution is 5.92. The molecule has 0 aromatic heterocycles. The fourth-order valence-electron chi connectivity index (χ4n) is 2.07. The van der Waals surface area contributed by atoms with E-state index in [-0.39, 0.29) is 18.6 Å². The van der Waals surface area contributed by atoms with Crippen molar-refractivity contribution in [1.82, 2.24) is 4.90 Å². The molecule has 1 N–H and O–H groups in total. The molecule has 1 heterocycles. The van der Waals surface area contributed by atoms with Crippen LogP contribution in [0.1, 0.15) is 5.56 Å². The van der Waals surface area contributed by atoms with Crippen LogP contribution in [-0.2, 0) is 9.53 Å². The zero-order chi connectivity index (χ0) is 14.4. The molecule has 1 aromatic carbocycles. The fourth-order valence-corrected chi connectivity index (χ4v) is 2.07. The maximum atomic E-state index is 12.1. The zero-order valence-electron chi connectivity index (χ0n) is 11.5. The Kier molecular flexibility index (Phi) is 5.15. The van der Waals surface area contributed by atoms with Crippen molar-refractivity contribution in [2.24, 2.45) is 0 Å². The molecule has 1 saturated heterocycles. The van der Waals surface area contributed by atoms with Crippen LogP contribution in [0.5, 0.6) is 5.75 Å². The Morgan fingerprint density at radius 2 is 2.25 bits per heavy atom. The lowest BCUT2D eigenvalue weighted by Gasteiger charge is -2.33. The van der Waals surface area contributed by atoms with Gasteiger partial charge in [0, 0.05) is 12.6 Å². The lowest BCUT2D eigenvalue weighted by Crippen LogP contribution is -2.49. The lowest BCUT2D eigenvalue weighted by molar-refractivity contribution is -0.136. The quantitative estimate of drug-likeness (QED) is 0.832. The van der Waals surface area contributed by atoms with E-state index < -0.39 is 0 Å². The fraction of sp³-hybridized carbons (Fsp3) is 0.400. The lowest BCUT2D eigenvalue weighted by atomic mass is 10.2. The molecule has 20 heavy (non-hydrogen) atoms. The molecule has 0 spiro atoms. The third kappa shape index (κ3) is 3.59. The molecule has 108 valence electrons. The maximum Gasteiger partial charge on any atom is 0.247 e. The van der Waals surface area contributed by atoms with Crippen molar-refractivity contribution in [2.75, 3.05) is 33.5 Å². The first-order valence-electron chi connectivity index (χ1n) is 6.56. The molecule has 1 amide bonds. The molecule has 1 fully saturated rings. The van der Waals surface area contributed by atoms with Gasteiger partial charge in [0.15, 0.2) is 0 Å².